The fraction of sp³-hybridized carbons (Fsp3) is 1.00. The Balaban J connectivity index is 0.000000810. The van der Waals surface area contributed by atoms with E-state index in [4.69, 9.17) is 4.52 Å². The molecule has 1 rings (SSSR count). The van der Waals surface area contributed by atoms with Crippen LogP contribution >= 0.6 is 8.69 Å². The molecule has 1 fully saturated rings. The van der Waals surface area contributed by atoms with Crippen LogP contribution in [0.4, 0.5) is 0 Å². The van der Waals surface area contributed by atoms with E-state index in [1.807, 2.05) is 0 Å². The third kappa shape index (κ3) is 2.42. The highest BCUT2D eigenvalue weighted by Crippen LogP contribution is 2.22. The van der Waals surface area contributed by atoms with Crippen molar-refractivity contribution in [1.29, 1.82) is 0 Å². The summed E-state index contributed by atoms with van der Waals surface area (Å²) in [5.74, 6) is 0. The van der Waals surface area contributed by atoms with Crippen LogP contribution in [0.1, 0.15) is 33.5 Å². The van der Waals surface area contributed by atoms with Crippen molar-refractivity contribution in [3.8, 4) is 0 Å². The largest absolute Gasteiger partial charge is 0.327 e. The van der Waals surface area contributed by atoms with Crippen molar-refractivity contribution in [2.75, 3.05) is 0 Å². The van der Waals surface area contributed by atoms with E-state index < -0.39 is 0 Å². The number of rotatable bonds is 2. The van der Waals surface area contributed by atoms with Gasteiger partial charge in [0.05, 0.1) is 6.10 Å². The first-order chi connectivity index (χ1) is 4.43. The van der Waals surface area contributed by atoms with Crippen LogP contribution in [0.25, 0.3) is 0 Å². The normalized spacial score (nSPS) is 22.7. The van der Waals surface area contributed by atoms with Gasteiger partial charge in [-0.05, 0) is 12.8 Å². The zero-order valence-electron chi connectivity index (χ0n) is 5.38. The second-order valence-corrected chi connectivity index (χ2v) is 2.80. The van der Waals surface area contributed by atoms with Crippen molar-refractivity contribution < 1.29 is 10.5 Å². The highest BCUT2D eigenvalue weighted by Gasteiger charge is 2.12. The van der Waals surface area contributed by atoms with Gasteiger partial charge in [-0.3, -0.25) is 4.52 Å². The Morgan fingerprint density at radius 2 is 2.00 bits per heavy atom. The molecule has 0 spiro atoms. The van der Waals surface area contributed by atoms with Crippen molar-refractivity contribution in [3.05, 3.63) is 0 Å². The summed E-state index contributed by atoms with van der Waals surface area (Å²) in [5.41, 5.74) is 0. The Bertz CT molecular complexity index is 93.7. The standard InChI is InChI=1S/C6H11O2P.H2/c7-9-8-6-4-2-1-3-5-6;/h6H,1-5H2;1H. The lowest BCUT2D eigenvalue weighted by atomic mass is 9.98. The first-order valence-corrected chi connectivity index (χ1v) is 4.15. The van der Waals surface area contributed by atoms with E-state index in [1.54, 1.807) is 0 Å². The van der Waals surface area contributed by atoms with Crippen LogP contribution in [-0.2, 0) is 9.09 Å². The maximum atomic E-state index is 9.95. The molecular weight excluding hydrogens is 135 g/mol. The Labute approximate surface area is 58.4 Å². The van der Waals surface area contributed by atoms with Gasteiger partial charge in [0.25, 0.3) is 0 Å². The van der Waals surface area contributed by atoms with Gasteiger partial charge in [-0.15, -0.1) is 0 Å². The van der Waals surface area contributed by atoms with Crippen LogP contribution in [0.5, 0.6) is 0 Å². The van der Waals surface area contributed by atoms with Gasteiger partial charge in [-0.25, -0.2) is 4.57 Å². The highest BCUT2D eigenvalue weighted by atomic mass is 31.1. The molecule has 0 saturated heterocycles. The fourth-order valence-corrected chi connectivity index (χ4v) is 1.56. The topological polar surface area (TPSA) is 26.3 Å². The van der Waals surface area contributed by atoms with Gasteiger partial charge < -0.3 is 0 Å². The smallest absolute Gasteiger partial charge is 0.291 e. The molecule has 0 amide bonds. The average molecular weight is 148 g/mol. The predicted octanol–water partition coefficient (Wildman–Crippen LogP) is 2.79. The van der Waals surface area contributed by atoms with E-state index >= 15 is 0 Å². The zero-order chi connectivity index (χ0) is 6.53. The molecule has 0 atom stereocenters. The molecule has 0 aromatic rings. The maximum absolute atomic E-state index is 9.95. The molecule has 0 aromatic heterocycles. The van der Waals surface area contributed by atoms with Crippen molar-refractivity contribution in [2.24, 2.45) is 0 Å². The van der Waals surface area contributed by atoms with E-state index in [0.29, 0.717) is 0 Å². The quantitative estimate of drug-likeness (QED) is 0.563. The van der Waals surface area contributed by atoms with Gasteiger partial charge in [0.1, 0.15) is 0 Å². The molecule has 0 aromatic carbocycles. The first kappa shape index (κ1) is 7.17. The molecule has 0 unspecified atom stereocenters. The summed E-state index contributed by atoms with van der Waals surface area (Å²) in [7, 11) is -0.152. The fourth-order valence-electron chi connectivity index (χ4n) is 1.23. The number of hydrogen-bond acceptors (Lipinski definition) is 2. The molecule has 54 valence electrons. The molecule has 0 heterocycles. The maximum Gasteiger partial charge on any atom is 0.327 e. The number of hydrogen-bond donors (Lipinski definition) is 0. The van der Waals surface area contributed by atoms with Crippen LogP contribution in [-0.4, -0.2) is 6.10 Å². The van der Waals surface area contributed by atoms with Gasteiger partial charge >= 0.3 is 8.69 Å². The van der Waals surface area contributed by atoms with E-state index in [-0.39, 0.29) is 16.2 Å². The second kappa shape index (κ2) is 3.97. The summed E-state index contributed by atoms with van der Waals surface area (Å²) >= 11 is 0. The Morgan fingerprint density at radius 3 is 2.56 bits per heavy atom. The molecule has 1 saturated carbocycles. The molecule has 0 radical (unpaired) electrons. The van der Waals surface area contributed by atoms with Crippen molar-refractivity contribution in [2.45, 2.75) is 38.2 Å². The SMILES string of the molecule is O=POC1CCCCC1.[HH]. The zero-order valence-corrected chi connectivity index (χ0v) is 6.27. The van der Waals surface area contributed by atoms with E-state index in [2.05, 4.69) is 0 Å². The van der Waals surface area contributed by atoms with Crippen LogP contribution in [0, 0.1) is 0 Å². The third-order valence-electron chi connectivity index (χ3n) is 1.74. The Hall–Kier alpha value is 0.0600. The Morgan fingerprint density at radius 1 is 1.33 bits per heavy atom. The first-order valence-electron chi connectivity index (χ1n) is 3.42. The summed E-state index contributed by atoms with van der Waals surface area (Å²) in [5, 5.41) is 0. The summed E-state index contributed by atoms with van der Waals surface area (Å²) in [6.45, 7) is 0. The summed E-state index contributed by atoms with van der Waals surface area (Å²) in [4.78, 5) is 0. The minimum atomic E-state index is -0.152. The van der Waals surface area contributed by atoms with Gasteiger partial charge in [-0.2, -0.15) is 0 Å². The Kier molecular flexibility index (Phi) is 3.16. The lowest BCUT2D eigenvalue weighted by Gasteiger charge is -2.17. The monoisotopic (exact) mass is 148 g/mol. The van der Waals surface area contributed by atoms with E-state index in [1.165, 1.54) is 19.3 Å². The van der Waals surface area contributed by atoms with Crippen molar-refractivity contribution in [3.63, 3.8) is 0 Å². The van der Waals surface area contributed by atoms with Crippen LogP contribution in [0.2, 0.25) is 0 Å². The minimum absolute atomic E-state index is 0. The third-order valence-corrected chi connectivity index (χ3v) is 2.13. The summed E-state index contributed by atoms with van der Waals surface area (Å²) < 4.78 is 14.8. The summed E-state index contributed by atoms with van der Waals surface area (Å²) in [6.07, 6.45) is 6.25. The molecule has 9 heavy (non-hydrogen) atoms. The van der Waals surface area contributed by atoms with Gasteiger partial charge in [0, 0.05) is 1.43 Å². The molecule has 0 aliphatic heterocycles. The molecule has 0 N–H and O–H groups in total. The molecule has 3 heteroatoms. The van der Waals surface area contributed by atoms with Crippen LogP contribution in [0.15, 0.2) is 0 Å². The second-order valence-electron chi connectivity index (χ2n) is 2.44. The van der Waals surface area contributed by atoms with Gasteiger partial charge in [0.2, 0.25) is 0 Å². The molecule has 2 nitrogen and oxygen atoms in total. The molecule has 1 aliphatic rings. The molecule has 0 bridgehead atoms. The van der Waals surface area contributed by atoms with E-state index in [0.717, 1.165) is 12.8 Å². The van der Waals surface area contributed by atoms with Crippen molar-refractivity contribution in [1.82, 2.24) is 0 Å². The van der Waals surface area contributed by atoms with Gasteiger partial charge in [-0.1, -0.05) is 19.3 Å². The van der Waals surface area contributed by atoms with E-state index in [9.17, 15) is 4.57 Å². The molecule has 1 aliphatic carbocycles. The lowest BCUT2D eigenvalue weighted by molar-refractivity contribution is 0.172. The van der Waals surface area contributed by atoms with Crippen molar-refractivity contribution >= 4 is 8.69 Å². The summed E-state index contributed by atoms with van der Waals surface area (Å²) in [6, 6.07) is 0. The minimum Gasteiger partial charge on any atom is -0.291 e. The average Bonchev–Trinajstić information content (AvgIpc) is 1.91. The van der Waals surface area contributed by atoms with Crippen LogP contribution in [0.3, 0.4) is 0 Å². The van der Waals surface area contributed by atoms with Crippen LogP contribution < -0.4 is 0 Å². The lowest BCUT2D eigenvalue weighted by Crippen LogP contribution is -2.11. The highest BCUT2D eigenvalue weighted by molar-refractivity contribution is 7.17. The molecular formula is C6H13O2P. The van der Waals surface area contributed by atoms with Gasteiger partial charge in [0.15, 0.2) is 0 Å². The predicted molar refractivity (Wildman–Crippen MR) is 37.7 cm³/mol.